The molecule has 1 amide bonds. The van der Waals surface area contributed by atoms with Gasteiger partial charge in [0.1, 0.15) is 18.4 Å². The van der Waals surface area contributed by atoms with Gasteiger partial charge in [-0.25, -0.2) is 4.98 Å². The van der Waals surface area contributed by atoms with E-state index in [0.717, 1.165) is 31.5 Å². The normalized spacial score (nSPS) is 18.1. The van der Waals surface area contributed by atoms with Crippen molar-refractivity contribution in [1.82, 2.24) is 19.7 Å². The van der Waals surface area contributed by atoms with Crippen molar-refractivity contribution in [3.05, 3.63) is 42.0 Å². The van der Waals surface area contributed by atoms with Gasteiger partial charge in [-0.3, -0.25) is 9.48 Å². The number of likely N-dealkylation sites (tertiary alicyclic amines) is 1. The van der Waals surface area contributed by atoms with E-state index >= 15 is 0 Å². The van der Waals surface area contributed by atoms with E-state index in [4.69, 9.17) is 0 Å². The topological polar surface area (TPSA) is 71.2 Å². The number of hydrogen-bond acceptors (Lipinski definition) is 4. The van der Waals surface area contributed by atoms with E-state index in [2.05, 4.69) is 23.9 Å². The molecule has 0 saturated carbocycles. The van der Waals surface area contributed by atoms with Crippen LogP contribution in [0.4, 0.5) is 0 Å². The van der Waals surface area contributed by atoms with Crippen LogP contribution in [0.25, 0.3) is 0 Å². The van der Waals surface area contributed by atoms with Gasteiger partial charge >= 0.3 is 0 Å². The smallest absolute Gasteiger partial charge is 0.257 e. The van der Waals surface area contributed by atoms with Gasteiger partial charge in [-0.15, -0.1) is 0 Å². The molecule has 1 aromatic heterocycles. The number of phenolic OH excluding ortho intramolecular Hbond substituents is 1. The quantitative estimate of drug-likeness (QED) is 0.936. The van der Waals surface area contributed by atoms with Crippen LogP contribution >= 0.6 is 0 Å². The number of phenols is 1. The maximum Gasteiger partial charge on any atom is 0.257 e. The Balaban J connectivity index is 1.70. The van der Waals surface area contributed by atoms with Gasteiger partial charge in [-0.05, 0) is 42.4 Å². The molecule has 1 N–H and O–H groups in total. The summed E-state index contributed by atoms with van der Waals surface area (Å²) in [5, 5.41) is 14.4. The molecule has 2 aromatic rings. The molecule has 1 unspecified atom stereocenters. The minimum absolute atomic E-state index is 0.0737. The number of hydrogen-bond donors (Lipinski definition) is 1. The number of rotatable bonds is 4. The van der Waals surface area contributed by atoms with Gasteiger partial charge in [0, 0.05) is 19.6 Å². The second-order valence-electron chi connectivity index (χ2n) is 6.81. The monoisotopic (exact) mass is 328 g/mol. The summed E-state index contributed by atoms with van der Waals surface area (Å²) in [7, 11) is 0. The molecule has 3 rings (SSSR count). The van der Waals surface area contributed by atoms with Crippen molar-refractivity contribution in [3.63, 3.8) is 0 Å². The Morgan fingerprint density at radius 1 is 1.42 bits per heavy atom. The molecule has 6 nitrogen and oxygen atoms in total. The lowest BCUT2D eigenvalue weighted by Crippen LogP contribution is -2.41. The van der Waals surface area contributed by atoms with Crippen LogP contribution in [0.5, 0.6) is 5.75 Å². The Hall–Kier alpha value is -2.37. The predicted octanol–water partition coefficient (Wildman–Crippen LogP) is 2.66. The lowest BCUT2D eigenvalue weighted by atomic mass is 9.96. The molecule has 0 aliphatic carbocycles. The van der Waals surface area contributed by atoms with E-state index in [1.54, 1.807) is 18.5 Å². The van der Waals surface area contributed by atoms with Crippen molar-refractivity contribution in [1.29, 1.82) is 0 Å². The Morgan fingerprint density at radius 2 is 2.25 bits per heavy atom. The number of carbonyl (C=O) groups is 1. The standard InChI is InChI=1S/C18H24N4O2/c1-13(2)15-5-6-16(17(23)8-15)18(24)21-7-3-4-14(9-21)10-22-12-19-11-20-22/h5-6,8,11-14,23H,3-4,7,9-10H2,1-2H3. The van der Waals surface area contributed by atoms with Gasteiger partial charge in [0.05, 0.1) is 5.56 Å². The number of nitrogens with zero attached hydrogens (tertiary/aromatic N) is 4. The Bertz CT molecular complexity index is 697. The van der Waals surface area contributed by atoms with Crippen molar-refractivity contribution in [3.8, 4) is 5.75 Å². The van der Waals surface area contributed by atoms with Crippen molar-refractivity contribution < 1.29 is 9.90 Å². The minimum Gasteiger partial charge on any atom is -0.507 e. The van der Waals surface area contributed by atoms with Gasteiger partial charge in [0.25, 0.3) is 5.91 Å². The summed E-state index contributed by atoms with van der Waals surface area (Å²) >= 11 is 0. The maximum atomic E-state index is 12.8. The molecule has 1 atom stereocenters. The minimum atomic E-state index is -0.0916. The van der Waals surface area contributed by atoms with Crippen LogP contribution < -0.4 is 0 Å². The summed E-state index contributed by atoms with van der Waals surface area (Å²) in [6.07, 6.45) is 5.27. The molecule has 1 saturated heterocycles. The first-order valence-electron chi connectivity index (χ1n) is 8.49. The molecule has 128 valence electrons. The van der Waals surface area contributed by atoms with Crippen LogP contribution in [-0.2, 0) is 6.54 Å². The number of amides is 1. The summed E-state index contributed by atoms with van der Waals surface area (Å²) in [4.78, 5) is 18.6. The molecule has 1 aliphatic heterocycles. The SMILES string of the molecule is CC(C)c1ccc(C(=O)N2CCCC(Cn3cncn3)C2)c(O)c1. The van der Waals surface area contributed by atoms with Crippen molar-refractivity contribution >= 4 is 5.91 Å². The molecule has 1 fully saturated rings. The van der Waals surface area contributed by atoms with Gasteiger partial charge in [-0.1, -0.05) is 19.9 Å². The van der Waals surface area contributed by atoms with Crippen LogP contribution in [0.1, 0.15) is 48.5 Å². The molecule has 2 heterocycles. The second-order valence-corrected chi connectivity index (χ2v) is 6.81. The number of aromatic hydroxyl groups is 1. The third kappa shape index (κ3) is 3.58. The predicted molar refractivity (Wildman–Crippen MR) is 90.8 cm³/mol. The van der Waals surface area contributed by atoms with Crippen LogP contribution in [-0.4, -0.2) is 43.8 Å². The molecule has 0 bridgehead atoms. The van der Waals surface area contributed by atoms with Crippen LogP contribution in [0.2, 0.25) is 0 Å². The van der Waals surface area contributed by atoms with Crippen molar-refractivity contribution in [2.75, 3.05) is 13.1 Å². The fourth-order valence-electron chi connectivity index (χ4n) is 3.25. The summed E-state index contributed by atoms with van der Waals surface area (Å²) in [5.41, 5.74) is 1.42. The first-order chi connectivity index (χ1) is 11.5. The lowest BCUT2D eigenvalue weighted by Gasteiger charge is -2.33. The Kier molecular flexibility index (Phi) is 4.83. The highest BCUT2D eigenvalue weighted by Crippen LogP contribution is 2.27. The zero-order valence-corrected chi connectivity index (χ0v) is 14.2. The summed E-state index contributed by atoms with van der Waals surface area (Å²) in [6.45, 7) is 6.31. The number of carbonyl (C=O) groups excluding carboxylic acids is 1. The zero-order valence-electron chi connectivity index (χ0n) is 14.2. The third-order valence-electron chi connectivity index (χ3n) is 4.64. The van der Waals surface area contributed by atoms with Crippen molar-refractivity contribution in [2.45, 2.75) is 39.2 Å². The van der Waals surface area contributed by atoms with Gasteiger partial charge < -0.3 is 10.0 Å². The first-order valence-corrected chi connectivity index (χ1v) is 8.49. The Labute approximate surface area is 142 Å². The van der Waals surface area contributed by atoms with Crippen LogP contribution in [0.15, 0.2) is 30.9 Å². The van der Waals surface area contributed by atoms with E-state index in [1.807, 2.05) is 15.6 Å². The molecule has 24 heavy (non-hydrogen) atoms. The van der Waals surface area contributed by atoms with Gasteiger partial charge in [0.2, 0.25) is 0 Å². The average molecular weight is 328 g/mol. The van der Waals surface area contributed by atoms with E-state index in [-0.39, 0.29) is 11.7 Å². The van der Waals surface area contributed by atoms with E-state index in [9.17, 15) is 9.90 Å². The largest absolute Gasteiger partial charge is 0.507 e. The molecular formula is C18H24N4O2. The van der Waals surface area contributed by atoms with E-state index in [1.165, 1.54) is 6.33 Å². The van der Waals surface area contributed by atoms with E-state index < -0.39 is 0 Å². The number of benzene rings is 1. The summed E-state index contributed by atoms with van der Waals surface area (Å²) in [5.74, 6) is 0.666. The molecule has 6 heteroatoms. The lowest BCUT2D eigenvalue weighted by molar-refractivity contribution is 0.0656. The average Bonchev–Trinajstić information content (AvgIpc) is 3.07. The second kappa shape index (κ2) is 7.03. The molecule has 1 aliphatic rings. The highest BCUT2D eigenvalue weighted by molar-refractivity contribution is 5.97. The highest BCUT2D eigenvalue weighted by atomic mass is 16.3. The van der Waals surface area contributed by atoms with Crippen molar-refractivity contribution in [2.24, 2.45) is 5.92 Å². The zero-order chi connectivity index (χ0) is 17.1. The van der Waals surface area contributed by atoms with E-state index in [0.29, 0.717) is 23.9 Å². The number of piperidine rings is 1. The summed E-state index contributed by atoms with van der Waals surface area (Å²) < 4.78 is 1.81. The molecule has 1 aromatic carbocycles. The van der Waals surface area contributed by atoms with Gasteiger partial charge in [-0.2, -0.15) is 5.10 Å². The van der Waals surface area contributed by atoms with Gasteiger partial charge in [0.15, 0.2) is 0 Å². The molecule has 0 spiro atoms. The summed E-state index contributed by atoms with van der Waals surface area (Å²) in [6, 6.07) is 5.37. The maximum absolute atomic E-state index is 12.8. The van der Waals surface area contributed by atoms with Crippen LogP contribution in [0.3, 0.4) is 0 Å². The van der Waals surface area contributed by atoms with Crippen LogP contribution in [0, 0.1) is 5.92 Å². The molecular weight excluding hydrogens is 304 g/mol. The Morgan fingerprint density at radius 3 is 2.92 bits per heavy atom. The first kappa shape index (κ1) is 16.5. The highest BCUT2D eigenvalue weighted by Gasteiger charge is 2.26. The fraction of sp³-hybridized carbons (Fsp3) is 0.500. The molecule has 0 radical (unpaired) electrons. The fourth-order valence-corrected chi connectivity index (χ4v) is 3.25. The third-order valence-corrected chi connectivity index (χ3v) is 4.64. The number of aromatic nitrogens is 3.